The van der Waals surface area contributed by atoms with Gasteiger partial charge in [-0.05, 0) is 34.1 Å². The molecule has 0 atom stereocenters. The summed E-state index contributed by atoms with van der Waals surface area (Å²) in [7, 11) is 0. The van der Waals surface area contributed by atoms with Crippen molar-refractivity contribution in [3.05, 3.63) is 22.8 Å². The van der Waals surface area contributed by atoms with Gasteiger partial charge in [0.05, 0.1) is 0 Å². The van der Waals surface area contributed by atoms with Gasteiger partial charge in [-0.3, -0.25) is 0 Å². The minimum Gasteiger partial charge on any atom is -0.486 e. The first kappa shape index (κ1) is 10.5. The lowest BCUT2D eigenvalue weighted by molar-refractivity contribution is 0.171. The Bertz CT molecular complexity index is 568. The second-order valence-electron chi connectivity index (χ2n) is 3.64. The number of nitrogens with two attached hydrogens (primary N) is 1. The van der Waals surface area contributed by atoms with E-state index in [0.717, 1.165) is 27.4 Å². The third-order valence-corrected chi connectivity index (χ3v) is 3.07. The first-order chi connectivity index (χ1) is 8.24. The van der Waals surface area contributed by atoms with Crippen LogP contribution >= 0.6 is 15.9 Å². The monoisotopic (exact) mass is 295 g/mol. The summed E-state index contributed by atoms with van der Waals surface area (Å²) in [4.78, 5) is 7.11. The highest BCUT2D eigenvalue weighted by Gasteiger charge is 2.15. The van der Waals surface area contributed by atoms with Crippen molar-refractivity contribution in [1.82, 2.24) is 9.97 Å². The maximum Gasteiger partial charge on any atom is 0.198 e. The van der Waals surface area contributed by atoms with Crippen LogP contribution in [0.1, 0.15) is 0 Å². The summed E-state index contributed by atoms with van der Waals surface area (Å²) >= 11 is 3.38. The van der Waals surface area contributed by atoms with E-state index >= 15 is 0 Å². The molecule has 1 aliphatic rings. The fraction of sp³-hybridized carbons (Fsp3) is 0.182. The lowest BCUT2D eigenvalue weighted by Crippen LogP contribution is -2.15. The first-order valence-corrected chi connectivity index (χ1v) is 5.94. The van der Waals surface area contributed by atoms with Crippen LogP contribution < -0.4 is 15.2 Å². The van der Waals surface area contributed by atoms with Gasteiger partial charge in [0, 0.05) is 5.56 Å². The second-order valence-corrected chi connectivity index (χ2v) is 4.44. The van der Waals surface area contributed by atoms with Crippen LogP contribution in [-0.2, 0) is 0 Å². The van der Waals surface area contributed by atoms with Gasteiger partial charge in [0.25, 0.3) is 0 Å². The van der Waals surface area contributed by atoms with E-state index in [2.05, 4.69) is 25.9 Å². The molecule has 6 heteroatoms. The van der Waals surface area contributed by atoms with Crippen molar-refractivity contribution in [2.24, 2.45) is 0 Å². The molecule has 0 unspecified atom stereocenters. The predicted octanol–water partition coefficient (Wildman–Crippen LogP) is 2.19. The van der Waals surface area contributed by atoms with Crippen molar-refractivity contribution >= 4 is 21.9 Å². The van der Waals surface area contributed by atoms with Gasteiger partial charge in [-0.2, -0.15) is 0 Å². The van der Waals surface area contributed by atoms with Gasteiger partial charge in [-0.25, -0.2) is 4.98 Å². The van der Waals surface area contributed by atoms with Gasteiger partial charge in [-0.15, -0.1) is 0 Å². The van der Waals surface area contributed by atoms with E-state index in [-0.39, 0.29) is 0 Å². The number of rotatable bonds is 1. The smallest absolute Gasteiger partial charge is 0.198 e. The zero-order chi connectivity index (χ0) is 11.8. The Morgan fingerprint density at radius 2 is 2.00 bits per heavy atom. The van der Waals surface area contributed by atoms with E-state index in [0.29, 0.717) is 19.2 Å². The SMILES string of the molecule is Nc1nc(-c2ccc3c(c2)OCCO3)c(Br)[nH]1. The molecule has 3 N–H and O–H groups in total. The number of ether oxygens (including phenoxy) is 2. The molecule has 0 fully saturated rings. The number of halogens is 1. The Morgan fingerprint density at radius 1 is 1.24 bits per heavy atom. The van der Waals surface area contributed by atoms with E-state index in [1.54, 1.807) is 0 Å². The zero-order valence-electron chi connectivity index (χ0n) is 8.87. The molecule has 88 valence electrons. The van der Waals surface area contributed by atoms with Crippen LogP contribution in [0.3, 0.4) is 0 Å². The van der Waals surface area contributed by atoms with Crippen LogP contribution in [0.4, 0.5) is 5.95 Å². The van der Waals surface area contributed by atoms with Gasteiger partial charge in [-0.1, -0.05) is 0 Å². The van der Waals surface area contributed by atoms with Crippen LogP contribution in [-0.4, -0.2) is 23.2 Å². The van der Waals surface area contributed by atoms with Crippen molar-refractivity contribution in [2.75, 3.05) is 18.9 Å². The number of hydrogen-bond acceptors (Lipinski definition) is 4. The van der Waals surface area contributed by atoms with Crippen LogP contribution in [0.25, 0.3) is 11.3 Å². The van der Waals surface area contributed by atoms with Crippen molar-refractivity contribution in [3.63, 3.8) is 0 Å². The number of nitrogens with zero attached hydrogens (tertiary/aromatic N) is 1. The molecule has 0 spiro atoms. The molecule has 3 rings (SSSR count). The highest BCUT2D eigenvalue weighted by Crippen LogP contribution is 2.36. The van der Waals surface area contributed by atoms with Crippen LogP contribution in [0, 0.1) is 0 Å². The molecular weight excluding hydrogens is 286 g/mol. The van der Waals surface area contributed by atoms with Gasteiger partial charge in [0.2, 0.25) is 0 Å². The number of aromatic nitrogens is 2. The zero-order valence-corrected chi connectivity index (χ0v) is 10.5. The van der Waals surface area contributed by atoms with Crippen molar-refractivity contribution < 1.29 is 9.47 Å². The second kappa shape index (κ2) is 3.96. The minimum atomic E-state index is 0.377. The van der Waals surface area contributed by atoms with Crippen LogP contribution in [0.15, 0.2) is 22.8 Å². The van der Waals surface area contributed by atoms with Gasteiger partial charge < -0.3 is 20.2 Å². The lowest BCUT2D eigenvalue weighted by Gasteiger charge is -2.18. The van der Waals surface area contributed by atoms with E-state index in [1.807, 2.05) is 18.2 Å². The third kappa shape index (κ3) is 1.84. The molecule has 5 nitrogen and oxygen atoms in total. The van der Waals surface area contributed by atoms with Crippen molar-refractivity contribution in [1.29, 1.82) is 0 Å². The topological polar surface area (TPSA) is 73.2 Å². The van der Waals surface area contributed by atoms with E-state index in [1.165, 1.54) is 0 Å². The van der Waals surface area contributed by atoms with E-state index < -0.39 is 0 Å². The fourth-order valence-electron chi connectivity index (χ4n) is 1.75. The molecule has 2 aromatic rings. The Hall–Kier alpha value is -1.69. The molecule has 0 bridgehead atoms. The van der Waals surface area contributed by atoms with Gasteiger partial charge >= 0.3 is 0 Å². The Labute approximate surface area is 106 Å². The number of anilines is 1. The minimum absolute atomic E-state index is 0.377. The summed E-state index contributed by atoms with van der Waals surface area (Å²) < 4.78 is 11.7. The molecule has 0 radical (unpaired) electrons. The predicted molar refractivity (Wildman–Crippen MR) is 67.1 cm³/mol. The number of H-pyrrole nitrogens is 1. The van der Waals surface area contributed by atoms with Crippen LogP contribution in [0.5, 0.6) is 11.5 Å². The average Bonchev–Trinajstić information content (AvgIpc) is 2.68. The normalized spacial score (nSPS) is 13.7. The average molecular weight is 296 g/mol. The van der Waals surface area contributed by atoms with Crippen molar-refractivity contribution in [2.45, 2.75) is 0 Å². The molecule has 1 aromatic heterocycles. The number of nitrogens with one attached hydrogen (secondary N) is 1. The Kier molecular flexibility index (Phi) is 2.44. The molecule has 1 aliphatic heterocycles. The van der Waals surface area contributed by atoms with Gasteiger partial charge in [0.15, 0.2) is 17.4 Å². The van der Waals surface area contributed by atoms with Gasteiger partial charge in [0.1, 0.15) is 23.5 Å². The highest BCUT2D eigenvalue weighted by atomic mass is 79.9. The lowest BCUT2D eigenvalue weighted by atomic mass is 10.1. The highest BCUT2D eigenvalue weighted by molar-refractivity contribution is 9.10. The van der Waals surface area contributed by atoms with E-state index in [4.69, 9.17) is 15.2 Å². The summed E-state index contributed by atoms with van der Waals surface area (Å²) in [6, 6.07) is 5.70. The molecule has 2 heterocycles. The first-order valence-electron chi connectivity index (χ1n) is 5.15. The number of nitrogen functional groups attached to an aromatic ring is 1. The summed E-state index contributed by atoms with van der Waals surface area (Å²) in [5, 5.41) is 0. The molecule has 0 aliphatic carbocycles. The standard InChI is InChI=1S/C11H10BrN3O2/c12-10-9(14-11(13)15-10)6-1-2-7-8(5-6)17-4-3-16-7/h1-2,5H,3-4H2,(H3,13,14,15). The Balaban J connectivity index is 2.06. The largest absolute Gasteiger partial charge is 0.486 e. The summed E-state index contributed by atoms with van der Waals surface area (Å²) in [6.45, 7) is 1.16. The molecule has 0 saturated heterocycles. The number of fused-ring (bicyclic) bond motifs is 1. The van der Waals surface area contributed by atoms with E-state index in [9.17, 15) is 0 Å². The quantitative estimate of drug-likeness (QED) is 0.846. The molecule has 0 saturated carbocycles. The number of benzene rings is 1. The summed E-state index contributed by atoms with van der Waals surface area (Å²) in [6.07, 6.45) is 0. The maximum absolute atomic E-state index is 5.60. The number of imidazole rings is 1. The molecular formula is C11H10BrN3O2. The number of hydrogen-bond donors (Lipinski definition) is 2. The summed E-state index contributed by atoms with van der Waals surface area (Å²) in [5.74, 6) is 1.88. The molecule has 1 aromatic carbocycles. The fourth-order valence-corrected chi connectivity index (χ4v) is 2.27. The van der Waals surface area contributed by atoms with Crippen LogP contribution in [0.2, 0.25) is 0 Å². The summed E-state index contributed by atoms with van der Waals surface area (Å²) in [5.41, 5.74) is 7.29. The number of aromatic amines is 1. The maximum atomic E-state index is 5.60. The molecule has 0 amide bonds. The van der Waals surface area contributed by atoms with Crippen molar-refractivity contribution in [3.8, 4) is 22.8 Å². The molecule has 17 heavy (non-hydrogen) atoms. The Morgan fingerprint density at radius 3 is 2.71 bits per heavy atom. The third-order valence-electron chi connectivity index (χ3n) is 2.49.